The third-order valence-electron chi connectivity index (χ3n) is 1.85. The predicted octanol–water partition coefficient (Wildman–Crippen LogP) is 2.84. The van der Waals surface area contributed by atoms with Crippen molar-refractivity contribution in [2.75, 3.05) is 0 Å². The second kappa shape index (κ2) is 8.42. The fourth-order valence-corrected chi connectivity index (χ4v) is 1.15. The summed E-state index contributed by atoms with van der Waals surface area (Å²) in [5.74, 6) is 0.349. The molecule has 0 aliphatic heterocycles. The summed E-state index contributed by atoms with van der Waals surface area (Å²) in [4.78, 5) is 22.1. The summed E-state index contributed by atoms with van der Waals surface area (Å²) in [6.45, 7) is 5.32. The minimum atomic E-state index is 0.142. The lowest BCUT2D eigenvalue weighted by Crippen LogP contribution is -1.97. The highest BCUT2D eigenvalue weighted by Crippen LogP contribution is 2.03. The summed E-state index contributed by atoms with van der Waals surface area (Å²) >= 11 is 0. The first-order valence-electron chi connectivity index (χ1n) is 4.98. The van der Waals surface area contributed by atoms with E-state index in [1.807, 2.05) is 6.92 Å². The Hall–Kier alpha value is -1.18. The Bertz CT molecular complexity index is 226. The summed E-state index contributed by atoms with van der Waals surface area (Å²) in [5, 5.41) is 0. The molecule has 0 atom stereocenters. The van der Waals surface area contributed by atoms with Crippen LogP contribution in [0.1, 0.15) is 39.0 Å². The van der Waals surface area contributed by atoms with Crippen LogP contribution in [-0.4, -0.2) is 11.6 Å². The predicted molar refractivity (Wildman–Crippen MR) is 58.1 cm³/mol. The number of carbonyl (C=O) groups is 2. The van der Waals surface area contributed by atoms with Crippen molar-refractivity contribution in [1.29, 1.82) is 0 Å². The maximum atomic E-state index is 11.0. The normalized spacial score (nSPS) is 10.4. The van der Waals surface area contributed by atoms with E-state index in [2.05, 4.69) is 6.58 Å². The van der Waals surface area contributed by atoms with Crippen LogP contribution in [0.4, 0.5) is 0 Å². The van der Waals surface area contributed by atoms with Gasteiger partial charge in [-0.15, -0.1) is 6.58 Å². The highest BCUT2D eigenvalue weighted by molar-refractivity contribution is 5.89. The fraction of sp³-hybridized carbons (Fsp3) is 0.500. The van der Waals surface area contributed by atoms with Crippen molar-refractivity contribution < 1.29 is 9.59 Å². The molecule has 0 radical (unpaired) electrons. The second-order valence-corrected chi connectivity index (χ2v) is 3.20. The molecule has 0 N–H and O–H groups in total. The van der Waals surface area contributed by atoms with Gasteiger partial charge in [-0.2, -0.15) is 0 Å². The summed E-state index contributed by atoms with van der Waals surface area (Å²) in [5.41, 5.74) is 0. The van der Waals surface area contributed by atoms with E-state index in [0.29, 0.717) is 19.3 Å². The van der Waals surface area contributed by atoms with Gasteiger partial charge >= 0.3 is 0 Å². The smallest absolute Gasteiger partial charge is 0.155 e. The van der Waals surface area contributed by atoms with E-state index in [1.165, 1.54) is 0 Å². The molecule has 0 unspecified atom stereocenters. The van der Waals surface area contributed by atoms with Crippen molar-refractivity contribution in [3.63, 3.8) is 0 Å². The lowest BCUT2D eigenvalue weighted by Gasteiger charge is -1.97. The standard InChI is InChI=1S/C12H18O2/c1-3-7-11(13)9-5-6-10-12(14)8-4-2/h3-4,8H,1,5-7,9-10H2,2H3/b8-4+. The summed E-state index contributed by atoms with van der Waals surface area (Å²) in [6.07, 6.45) is 8.09. The van der Waals surface area contributed by atoms with Crippen molar-refractivity contribution in [1.82, 2.24) is 0 Å². The summed E-state index contributed by atoms with van der Waals surface area (Å²) in [7, 11) is 0. The van der Waals surface area contributed by atoms with Crippen molar-refractivity contribution in [2.45, 2.75) is 39.0 Å². The fourth-order valence-electron chi connectivity index (χ4n) is 1.15. The number of carbonyl (C=O) groups excluding carboxylic acids is 2. The molecule has 0 aromatic carbocycles. The van der Waals surface area contributed by atoms with Gasteiger partial charge in [0, 0.05) is 19.3 Å². The van der Waals surface area contributed by atoms with E-state index in [9.17, 15) is 9.59 Å². The molecule has 2 heteroatoms. The van der Waals surface area contributed by atoms with Gasteiger partial charge in [0.25, 0.3) is 0 Å². The zero-order valence-electron chi connectivity index (χ0n) is 8.79. The van der Waals surface area contributed by atoms with Gasteiger partial charge in [0.15, 0.2) is 5.78 Å². The molecule has 0 saturated heterocycles. The number of rotatable bonds is 8. The molecule has 2 nitrogen and oxygen atoms in total. The lowest BCUT2D eigenvalue weighted by molar-refractivity contribution is -0.119. The van der Waals surface area contributed by atoms with Crippen LogP contribution >= 0.6 is 0 Å². The molecular weight excluding hydrogens is 176 g/mol. The number of unbranched alkanes of at least 4 members (excludes halogenated alkanes) is 1. The average molecular weight is 194 g/mol. The molecule has 0 spiro atoms. The van der Waals surface area contributed by atoms with Gasteiger partial charge < -0.3 is 0 Å². The first-order valence-corrected chi connectivity index (χ1v) is 4.98. The van der Waals surface area contributed by atoms with E-state index in [-0.39, 0.29) is 11.6 Å². The third kappa shape index (κ3) is 7.47. The Kier molecular flexibility index (Phi) is 7.71. The zero-order chi connectivity index (χ0) is 10.8. The molecule has 0 bridgehead atoms. The molecular formula is C12H18O2. The van der Waals surface area contributed by atoms with Crippen molar-refractivity contribution in [2.24, 2.45) is 0 Å². The molecule has 0 amide bonds. The highest BCUT2D eigenvalue weighted by Gasteiger charge is 2.00. The quantitative estimate of drug-likeness (QED) is 0.338. The SMILES string of the molecule is C=CCC(=O)CCCCC(=O)/C=C/C. The van der Waals surface area contributed by atoms with Gasteiger partial charge in [0.05, 0.1) is 0 Å². The highest BCUT2D eigenvalue weighted by atomic mass is 16.1. The van der Waals surface area contributed by atoms with Gasteiger partial charge in [-0.1, -0.05) is 12.2 Å². The zero-order valence-corrected chi connectivity index (χ0v) is 8.79. The van der Waals surface area contributed by atoms with Crippen molar-refractivity contribution >= 4 is 11.6 Å². The first kappa shape index (κ1) is 12.8. The average Bonchev–Trinajstić information content (AvgIpc) is 2.13. The number of hydrogen-bond acceptors (Lipinski definition) is 2. The maximum absolute atomic E-state index is 11.0. The molecule has 0 rings (SSSR count). The molecule has 0 fully saturated rings. The van der Waals surface area contributed by atoms with Crippen LogP contribution in [-0.2, 0) is 9.59 Å². The first-order chi connectivity index (χ1) is 6.70. The van der Waals surface area contributed by atoms with Crippen LogP contribution in [0.5, 0.6) is 0 Å². The van der Waals surface area contributed by atoms with E-state index in [4.69, 9.17) is 0 Å². The Balaban J connectivity index is 3.41. The summed E-state index contributed by atoms with van der Waals surface area (Å²) < 4.78 is 0. The molecule has 0 aromatic rings. The molecule has 14 heavy (non-hydrogen) atoms. The maximum Gasteiger partial charge on any atom is 0.155 e. The Morgan fingerprint density at radius 1 is 1.21 bits per heavy atom. The van der Waals surface area contributed by atoms with Crippen molar-refractivity contribution in [3.05, 3.63) is 24.8 Å². The Morgan fingerprint density at radius 3 is 2.43 bits per heavy atom. The molecule has 0 heterocycles. The Morgan fingerprint density at radius 2 is 1.86 bits per heavy atom. The number of ketones is 2. The van der Waals surface area contributed by atoms with E-state index in [0.717, 1.165) is 12.8 Å². The van der Waals surface area contributed by atoms with Gasteiger partial charge in [-0.25, -0.2) is 0 Å². The molecule has 0 aliphatic carbocycles. The van der Waals surface area contributed by atoms with E-state index in [1.54, 1.807) is 18.2 Å². The number of Topliss-reactive ketones (excluding diaryl/α,β-unsaturated/α-hetero) is 1. The topological polar surface area (TPSA) is 34.1 Å². The van der Waals surface area contributed by atoms with Crippen molar-refractivity contribution in [3.8, 4) is 0 Å². The minimum Gasteiger partial charge on any atom is -0.299 e. The van der Waals surface area contributed by atoms with E-state index >= 15 is 0 Å². The van der Waals surface area contributed by atoms with Crippen LogP contribution < -0.4 is 0 Å². The summed E-state index contributed by atoms with van der Waals surface area (Å²) in [6, 6.07) is 0. The van der Waals surface area contributed by atoms with Crippen LogP contribution in [0.3, 0.4) is 0 Å². The minimum absolute atomic E-state index is 0.142. The molecule has 78 valence electrons. The van der Waals surface area contributed by atoms with Gasteiger partial charge in [0.1, 0.15) is 5.78 Å². The van der Waals surface area contributed by atoms with Crippen LogP contribution in [0.2, 0.25) is 0 Å². The Labute approximate surface area is 85.7 Å². The van der Waals surface area contributed by atoms with Crippen LogP contribution in [0.25, 0.3) is 0 Å². The van der Waals surface area contributed by atoms with Crippen LogP contribution in [0.15, 0.2) is 24.8 Å². The van der Waals surface area contributed by atoms with E-state index < -0.39 is 0 Å². The second-order valence-electron chi connectivity index (χ2n) is 3.20. The van der Waals surface area contributed by atoms with Gasteiger partial charge in [-0.3, -0.25) is 9.59 Å². The van der Waals surface area contributed by atoms with Crippen LogP contribution in [0, 0.1) is 0 Å². The molecule has 0 saturated carbocycles. The lowest BCUT2D eigenvalue weighted by atomic mass is 10.1. The van der Waals surface area contributed by atoms with Gasteiger partial charge in [0.2, 0.25) is 0 Å². The number of allylic oxidation sites excluding steroid dienone is 3. The molecule has 0 aromatic heterocycles. The number of hydrogen-bond donors (Lipinski definition) is 0. The third-order valence-corrected chi connectivity index (χ3v) is 1.85. The largest absolute Gasteiger partial charge is 0.299 e. The monoisotopic (exact) mass is 194 g/mol. The van der Waals surface area contributed by atoms with Gasteiger partial charge in [-0.05, 0) is 25.8 Å². The molecule has 0 aliphatic rings.